The van der Waals surface area contributed by atoms with E-state index in [1.54, 1.807) is 12.1 Å². The predicted molar refractivity (Wildman–Crippen MR) is 338 cm³/mol. The number of aromatic nitrogens is 2. The first kappa shape index (κ1) is 52.7. The van der Waals surface area contributed by atoms with Crippen molar-refractivity contribution in [3.63, 3.8) is 0 Å². The van der Waals surface area contributed by atoms with Crippen molar-refractivity contribution in [1.82, 2.24) is 9.55 Å². The highest BCUT2D eigenvalue weighted by molar-refractivity contribution is 6.09. The van der Waals surface area contributed by atoms with Crippen molar-refractivity contribution in [2.75, 3.05) is 21.4 Å². The third kappa shape index (κ3) is 10.2. The van der Waals surface area contributed by atoms with Crippen molar-refractivity contribution < 1.29 is 9.13 Å². The van der Waals surface area contributed by atoms with E-state index in [2.05, 4.69) is 277 Å². The molecule has 81 heavy (non-hydrogen) atoms. The zero-order chi connectivity index (χ0) is 56.3. The molecule has 0 radical (unpaired) electrons. The van der Waals surface area contributed by atoms with Crippen molar-refractivity contribution in [3.05, 3.63) is 247 Å². The van der Waals surface area contributed by atoms with Crippen molar-refractivity contribution in [3.8, 4) is 39.6 Å². The van der Waals surface area contributed by atoms with E-state index in [-0.39, 0.29) is 16.6 Å². The van der Waals surface area contributed by atoms with Crippen LogP contribution in [-0.2, 0) is 10.8 Å². The molecule has 0 atom stereocenters. The zero-order valence-corrected chi connectivity index (χ0v) is 48.2. The minimum atomic E-state index is -0.264. The van der Waals surface area contributed by atoms with Crippen LogP contribution >= 0.6 is 0 Å². The number of para-hydroxylation sites is 5. The van der Waals surface area contributed by atoms with Gasteiger partial charge in [0.25, 0.3) is 0 Å². The van der Waals surface area contributed by atoms with Gasteiger partial charge in [-0.05, 0) is 153 Å². The molecule has 9 aromatic carbocycles. The lowest BCUT2D eigenvalue weighted by atomic mass is 9.81. The molecule has 404 valence electrons. The molecule has 11 aromatic rings. The van der Waals surface area contributed by atoms with E-state index in [1.165, 1.54) is 22.3 Å². The first-order chi connectivity index (χ1) is 39.0. The second-order valence-electron chi connectivity index (χ2n) is 24.3. The van der Waals surface area contributed by atoms with Crippen LogP contribution in [-0.4, -0.2) is 16.2 Å². The van der Waals surface area contributed by atoms with E-state index in [4.69, 9.17) is 9.72 Å². The van der Waals surface area contributed by atoms with Gasteiger partial charge in [-0.25, -0.2) is 9.37 Å². The highest BCUT2D eigenvalue weighted by Crippen LogP contribution is 2.53. The Bertz CT molecular complexity index is 4050. The number of rotatable bonds is 12. The zero-order valence-electron chi connectivity index (χ0n) is 48.2. The number of anilines is 7. The Labute approximate surface area is 477 Å². The Hall–Kier alpha value is -8.94. The summed E-state index contributed by atoms with van der Waals surface area (Å²) in [5.74, 6) is 2.62. The molecule has 0 fully saturated rings. The average Bonchev–Trinajstić information content (AvgIpc) is 4.06. The molecule has 0 N–H and O–H groups in total. The summed E-state index contributed by atoms with van der Waals surface area (Å²) >= 11 is 0. The van der Waals surface area contributed by atoms with Crippen molar-refractivity contribution >= 4 is 61.6 Å². The van der Waals surface area contributed by atoms with Crippen LogP contribution in [0.5, 0.6) is 11.5 Å². The largest absolute Gasteiger partial charge is 0.457 e. The van der Waals surface area contributed by atoms with Gasteiger partial charge in [0.2, 0.25) is 0 Å². The maximum atomic E-state index is 15.0. The topological polar surface area (TPSA) is 36.8 Å². The molecule has 2 aromatic heterocycles. The standard InChI is InChI=1S/C74H70FN5O/c1-48(2)51-37-52(49(3)4)39-53(38-51)66-41-55(74(8,9)10)40-65(50-29-31-56(75)32-30-50)72(66)78-47-77(68-27-19-20-28-69(68)78)59-43-60(79(57-21-13-11-14-22-57)58-23-15-12-16-24-58)45-62(44-59)81-61-33-34-64-63-25-17-18-26-67(63)80(70(64)46-61)71-42-54(35-36-76-71)73(5,6)7/h11-46,48-49H,47H2,1-10H3. The lowest BCUT2D eigenvalue weighted by molar-refractivity contribution is 0.483. The predicted octanol–water partition coefficient (Wildman–Crippen LogP) is 21.0. The Balaban J connectivity index is 1.06. The minimum absolute atomic E-state index is 0.0608. The molecule has 1 aliphatic rings. The molecule has 0 spiro atoms. The summed E-state index contributed by atoms with van der Waals surface area (Å²) in [5, 5.41) is 2.27. The second kappa shape index (κ2) is 20.9. The number of ether oxygens (including phenoxy) is 1. The molecule has 0 bridgehead atoms. The van der Waals surface area contributed by atoms with Gasteiger partial charge in [0.15, 0.2) is 0 Å². The molecule has 7 heteroatoms. The van der Waals surface area contributed by atoms with E-state index in [9.17, 15) is 4.39 Å². The van der Waals surface area contributed by atoms with Crippen LogP contribution in [0.15, 0.2) is 219 Å². The third-order valence-corrected chi connectivity index (χ3v) is 16.0. The highest BCUT2D eigenvalue weighted by atomic mass is 19.1. The molecule has 0 saturated carbocycles. The van der Waals surface area contributed by atoms with Gasteiger partial charge in [-0.3, -0.25) is 4.57 Å². The summed E-state index contributed by atoms with van der Waals surface area (Å²) in [7, 11) is 0. The quantitative estimate of drug-likeness (QED) is 0.122. The van der Waals surface area contributed by atoms with Crippen LogP contribution in [0.4, 0.5) is 44.2 Å². The SMILES string of the molecule is CC(C)c1cc(-c2cc(C(C)(C)C)cc(-c3ccc(F)cc3)c2N2CN(c3cc(Oc4ccc5c6ccccc6n(-c6cc(C(C)(C)C)ccn6)c5c4)cc(N(c4ccccc4)c4ccccc4)c3)c3ccccc32)cc(C(C)C)c1. The lowest BCUT2D eigenvalue weighted by Crippen LogP contribution is -2.25. The van der Waals surface area contributed by atoms with E-state index in [0.29, 0.717) is 30.0 Å². The van der Waals surface area contributed by atoms with E-state index < -0.39 is 0 Å². The molecule has 1 aliphatic heterocycles. The highest BCUT2D eigenvalue weighted by Gasteiger charge is 2.34. The van der Waals surface area contributed by atoms with Crippen LogP contribution in [0.25, 0.3) is 49.9 Å². The van der Waals surface area contributed by atoms with Gasteiger partial charge in [0, 0.05) is 63.4 Å². The fourth-order valence-corrected chi connectivity index (χ4v) is 11.5. The fraction of sp³-hybridized carbons (Fsp3) is 0.203. The molecule has 0 aliphatic carbocycles. The Kier molecular flexibility index (Phi) is 13.6. The van der Waals surface area contributed by atoms with Gasteiger partial charge in [-0.1, -0.05) is 166 Å². The number of fused-ring (bicyclic) bond motifs is 4. The molecular weight excluding hydrogens is 994 g/mol. The number of hydrogen-bond acceptors (Lipinski definition) is 5. The molecule has 3 heterocycles. The molecular formula is C74H70FN5O. The second-order valence-corrected chi connectivity index (χ2v) is 24.3. The van der Waals surface area contributed by atoms with E-state index in [0.717, 1.165) is 89.7 Å². The van der Waals surface area contributed by atoms with Gasteiger partial charge in [0.05, 0.1) is 33.8 Å². The van der Waals surface area contributed by atoms with Crippen molar-refractivity contribution in [2.24, 2.45) is 0 Å². The summed E-state index contributed by atoms with van der Waals surface area (Å²) < 4.78 is 24.5. The summed E-state index contributed by atoms with van der Waals surface area (Å²) in [6, 6.07) is 74.7. The van der Waals surface area contributed by atoms with Crippen molar-refractivity contribution in [2.45, 2.75) is 91.9 Å². The minimum Gasteiger partial charge on any atom is -0.457 e. The van der Waals surface area contributed by atoms with Gasteiger partial charge >= 0.3 is 0 Å². The average molecular weight is 1060 g/mol. The Morgan fingerprint density at radius 1 is 0.481 bits per heavy atom. The Morgan fingerprint density at radius 2 is 1.06 bits per heavy atom. The Morgan fingerprint density at radius 3 is 1.69 bits per heavy atom. The third-order valence-electron chi connectivity index (χ3n) is 16.0. The molecule has 0 saturated heterocycles. The smallest absolute Gasteiger partial charge is 0.137 e. The van der Waals surface area contributed by atoms with Crippen LogP contribution in [0.1, 0.15) is 103 Å². The molecule has 0 unspecified atom stereocenters. The number of halogens is 1. The van der Waals surface area contributed by atoms with Crippen LogP contribution < -0.4 is 19.4 Å². The normalized spacial score (nSPS) is 12.8. The van der Waals surface area contributed by atoms with E-state index >= 15 is 0 Å². The van der Waals surface area contributed by atoms with Gasteiger partial charge in [-0.2, -0.15) is 0 Å². The first-order valence-electron chi connectivity index (χ1n) is 28.4. The number of pyridine rings is 1. The number of hydrogen-bond donors (Lipinski definition) is 0. The summed E-state index contributed by atoms with van der Waals surface area (Å²) in [4.78, 5) is 12.2. The van der Waals surface area contributed by atoms with Gasteiger partial charge in [-0.15, -0.1) is 0 Å². The maximum Gasteiger partial charge on any atom is 0.137 e. The van der Waals surface area contributed by atoms with Gasteiger partial charge < -0.3 is 19.4 Å². The lowest BCUT2D eigenvalue weighted by Gasteiger charge is -2.31. The van der Waals surface area contributed by atoms with Gasteiger partial charge in [0.1, 0.15) is 29.8 Å². The van der Waals surface area contributed by atoms with Crippen LogP contribution in [0.2, 0.25) is 0 Å². The van der Waals surface area contributed by atoms with Crippen LogP contribution in [0, 0.1) is 5.82 Å². The van der Waals surface area contributed by atoms with Crippen LogP contribution in [0.3, 0.4) is 0 Å². The molecule has 12 rings (SSSR count). The molecule has 0 amide bonds. The summed E-state index contributed by atoms with van der Waals surface area (Å²) in [6.07, 6.45) is 1.92. The summed E-state index contributed by atoms with van der Waals surface area (Å²) in [5.41, 5.74) is 18.2. The van der Waals surface area contributed by atoms with E-state index in [1.807, 2.05) is 18.3 Å². The first-order valence-corrected chi connectivity index (χ1v) is 28.4. The fourth-order valence-electron chi connectivity index (χ4n) is 11.5. The number of nitrogens with zero attached hydrogens (tertiary/aromatic N) is 5. The summed E-state index contributed by atoms with van der Waals surface area (Å²) in [6.45, 7) is 23.1. The van der Waals surface area contributed by atoms with Crippen molar-refractivity contribution in [1.29, 1.82) is 0 Å². The monoisotopic (exact) mass is 1060 g/mol. The number of benzene rings is 9. The molecule has 6 nitrogen and oxygen atoms in total. The maximum absolute atomic E-state index is 15.0.